The third-order valence-electron chi connectivity index (χ3n) is 11.5. The minimum absolute atomic E-state index is 0.0792. The molecule has 4 heteroatoms. The fraction of sp³-hybridized carbons (Fsp3) is 0.919. The number of aliphatic hydroxyl groups is 2. The van der Waals surface area contributed by atoms with Crippen LogP contribution in [0.25, 0.3) is 0 Å². The molecule has 0 aliphatic heterocycles. The number of carbonyl (C=O) groups excluding carboxylic acids is 1. The molecule has 0 aromatic carbocycles. The van der Waals surface area contributed by atoms with Crippen molar-refractivity contribution in [2.75, 3.05) is 13.4 Å². The van der Waals surface area contributed by atoms with Crippen LogP contribution >= 0.6 is 0 Å². The molecule has 0 atom stereocenters. The van der Waals surface area contributed by atoms with E-state index in [-0.39, 0.29) is 12.0 Å². The Morgan fingerprint density at radius 1 is 0.537 bits per heavy atom. The molecular formula is C37H66O4. The van der Waals surface area contributed by atoms with E-state index >= 15 is 0 Å². The van der Waals surface area contributed by atoms with Crippen LogP contribution in [0.2, 0.25) is 0 Å². The molecule has 3 saturated carbocycles. The molecular weight excluding hydrogens is 508 g/mol. The number of ether oxygens (including phenoxy) is 1. The summed E-state index contributed by atoms with van der Waals surface area (Å²) < 4.78 is 5.22. The summed E-state index contributed by atoms with van der Waals surface area (Å²) in [6.07, 6.45) is 35.4. The van der Waals surface area contributed by atoms with E-state index in [0.29, 0.717) is 23.3 Å². The van der Waals surface area contributed by atoms with E-state index in [1.807, 2.05) is 0 Å². The van der Waals surface area contributed by atoms with Gasteiger partial charge in [0, 0.05) is 5.41 Å². The first-order chi connectivity index (χ1) is 20.2. The topological polar surface area (TPSA) is 66.8 Å². The van der Waals surface area contributed by atoms with E-state index < -0.39 is 12.8 Å². The number of aliphatic hydroxyl groups excluding tert-OH is 2. The van der Waals surface area contributed by atoms with Crippen molar-refractivity contribution in [2.45, 2.75) is 180 Å². The Balaban J connectivity index is 2.21. The van der Waals surface area contributed by atoms with Crippen molar-refractivity contribution in [1.29, 1.82) is 0 Å². The Labute approximate surface area is 253 Å². The lowest BCUT2D eigenvalue weighted by atomic mass is 9.50. The van der Waals surface area contributed by atoms with Crippen LogP contribution in [0.1, 0.15) is 180 Å². The normalized spacial score (nSPS) is 24.2. The maximum atomic E-state index is 13.4. The van der Waals surface area contributed by atoms with E-state index in [0.717, 1.165) is 5.57 Å². The van der Waals surface area contributed by atoms with E-state index in [4.69, 9.17) is 4.74 Å². The number of hydrogen-bond acceptors (Lipinski definition) is 4. The second kappa shape index (κ2) is 20.2. The van der Waals surface area contributed by atoms with Crippen LogP contribution in [-0.2, 0) is 9.53 Å². The maximum absolute atomic E-state index is 13.4. The number of hydrogen-bond donors (Lipinski definition) is 2. The van der Waals surface area contributed by atoms with Gasteiger partial charge in [-0.1, -0.05) is 140 Å². The summed E-state index contributed by atoms with van der Waals surface area (Å²) in [6.45, 7) is 1.30. The van der Waals surface area contributed by atoms with Gasteiger partial charge in [-0.15, -0.1) is 0 Å². The third-order valence-corrected chi connectivity index (χ3v) is 11.5. The van der Waals surface area contributed by atoms with Crippen LogP contribution in [0.3, 0.4) is 0 Å². The lowest BCUT2D eigenvalue weighted by molar-refractivity contribution is -0.147. The monoisotopic (exact) mass is 574 g/mol. The highest BCUT2D eigenvalue weighted by Crippen LogP contribution is 2.59. The first-order valence-electron chi connectivity index (χ1n) is 18.2. The van der Waals surface area contributed by atoms with Crippen molar-refractivity contribution in [3.05, 3.63) is 11.1 Å². The summed E-state index contributed by atoms with van der Waals surface area (Å²) in [4.78, 5) is 13.4. The first-order valence-corrected chi connectivity index (χ1v) is 18.2. The van der Waals surface area contributed by atoms with Crippen molar-refractivity contribution < 1.29 is 19.7 Å². The Morgan fingerprint density at radius 3 is 1.05 bits per heavy atom. The Morgan fingerprint density at radius 2 is 0.805 bits per heavy atom. The Bertz CT molecular complexity index is 649. The van der Waals surface area contributed by atoms with E-state index in [2.05, 4.69) is 6.92 Å². The first kappa shape index (κ1) is 34.6. The van der Waals surface area contributed by atoms with Crippen LogP contribution < -0.4 is 0 Å². The lowest BCUT2D eigenvalue weighted by Crippen LogP contribution is -2.47. The quantitative estimate of drug-likeness (QED) is 0.180. The van der Waals surface area contributed by atoms with Crippen LogP contribution in [-0.4, -0.2) is 29.6 Å². The molecule has 2 N–H and O–H groups in total. The molecule has 4 nitrogen and oxygen atoms in total. The van der Waals surface area contributed by atoms with Gasteiger partial charge < -0.3 is 14.9 Å². The second-order valence-corrected chi connectivity index (χ2v) is 14.0. The molecule has 0 amide bonds. The summed E-state index contributed by atoms with van der Waals surface area (Å²) in [5, 5.41) is 20.3. The van der Waals surface area contributed by atoms with Gasteiger partial charge in [-0.25, -0.2) is 4.79 Å². The number of rotatable bonds is 7. The second-order valence-electron chi connectivity index (χ2n) is 14.0. The molecule has 3 rings (SSSR count). The molecule has 3 fully saturated rings. The fourth-order valence-electron chi connectivity index (χ4n) is 9.52. The largest absolute Gasteiger partial charge is 0.435 e. The van der Waals surface area contributed by atoms with Crippen molar-refractivity contribution in [3.63, 3.8) is 0 Å². The SMILES string of the molecule is CC(=C(CO)C(=O)OCO)C(C1CCCCCCCCC1)(C1CCCCCCCCC1)C1CCCCCCCCC1. The highest BCUT2D eigenvalue weighted by Gasteiger charge is 2.51. The van der Waals surface area contributed by atoms with E-state index in [9.17, 15) is 15.0 Å². The molecule has 238 valence electrons. The standard InChI is InChI=1S/C37H66O4/c1-31(35(29-38)36(40)41-30-39)37(32-23-17-11-5-2-6-12-18-24-32,33-25-19-13-7-3-8-14-20-26-33)34-27-21-15-9-4-10-16-22-28-34/h32-34,38-39H,2-30H2,1H3. The van der Waals surface area contributed by atoms with Gasteiger partial charge >= 0.3 is 5.97 Å². The van der Waals surface area contributed by atoms with Crippen molar-refractivity contribution >= 4 is 5.97 Å². The minimum atomic E-state index is -0.626. The number of carbonyl (C=O) groups is 1. The zero-order chi connectivity index (χ0) is 29.2. The van der Waals surface area contributed by atoms with Crippen LogP contribution in [0.5, 0.6) is 0 Å². The molecule has 0 spiro atoms. The summed E-state index contributed by atoms with van der Waals surface area (Å²) >= 11 is 0. The van der Waals surface area contributed by atoms with Gasteiger partial charge in [-0.3, -0.25) is 0 Å². The van der Waals surface area contributed by atoms with Crippen molar-refractivity contribution in [2.24, 2.45) is 23.2 Å². The zero-order valence-electron chi connectivity index (χ0n) is 26.9. The van der Waals surface area contributed by atoms with Gasteiger partial charge in [0.25, 0.3) is 0 Å². The molecule has 41 heavy (non-hydrogen) atoms. The van der Waals surface area contributed by atoms with Gasteiger partial charge in [0.05, 0.1) is 12.2 Å². The number of allylic oxidation sites excluding steroid dienone is 1. The maximum Gasteiger partial charge on any atom is 0.338 e. The van der Waals surface area contributed by atoms with Gasteiger partial charge in [-0.05, 0) is 63.2 Å². The molecule has 3 aliphatic rings. The number of esters is 1. The average molecular weight is 575 g/mol. The fourth-order valence-corrected chi connectivity index (χ4v) is 9.52. The molecule has 0 radical (unpaired) electrons. The molecule has 0 saturated heterocycles. The summed E-state index contributed by atoms with van der Waals surface area (Å²) in [7, 11) is 0. The van der Waals surface area contributed by atoms with Gasteiger partial charge in [0.1, 0.15) is 0 Å². The average Bonchev–Trinajstić information content (AvgIpc) is 2.99. The van der Waals surface area contributed by atoms with E-state index in [1.165, 1.54) is 173 Å². The Hall–Kier alpha value is -0.870. The summed E-state index contributed by atoms with van der Waals surface area (Å²) in [5.74, 6) is 1.14. The molecule has 0 bridgehead atoms. The van der Waals surface area contributed by atoms with Crippen LogP contribution in [0.15, 0.2) is 11.1 Å². The van der Waals surface area contributed by atoms with Gasteiger partial charge in [0.2, 0.25) is 0 Å². The smallest absolute Gasteiger partial charge is 0.338 e. The highest BCUT2D eigenvalue weighted by atomic mass is 16.6. The summed E-state index contributed by atoms with van der Waals surface area (Å²) in [6, 6.07) is 0. The molecule has 0 aromatic heterocycles. The van der Waals surface area contributed by atoms with Crippen molar-refractivity contribution in [3.8, 4) is 0 Å². The molecule has 3 aliphatic carbocycles. The van der Waals surface area contributed by atoms with Crippen LogP contribution in [0, 0.1) is 23.2 Å². The van der Waals surface area contributed by atoms with Crippen molar-refractivity contribution in [1.82, 2.24) is 0 Å². The molecule has 0 heterocycles. The minimum Gasteiger partial charge on any atom is -0.435 e. The lowest BCUT2D eigenvalue weighted by Gasteiger charge is -2.54. The molecule has 0 unspecified atom stereocenters. The van der Waals surface area contributed by atoms with Gasteiger partial charge in [-0.2, -0.15) is 0 Å². The zero-order valence-corrected chi connectivity index (χ0v) is 26.9. The predicted octanol–water partition coefficient (Wildman–Crippen LogP) is 10.2. The van der Waals surface area contributed by atoms with Gasteiger partial charge in [0.15, 0.2) is 6.79 Å². The predicted molar refractivity (Wildman–Crippen MR) is 171 cm³/mol. The molecule has 0 aromatic rings. The van der Waals surface area contributed by atoms with E-state index in [1.54, 1.807) is 0 Å². The Kier molecular flexibility index (Phi) is 17.0. The van der Waals surface area contributed by atoms with Crippen LogP contribution in [0.4, 0.5) is 0 Å². The summed E-state index contributed by atoms with van der Waals surface area (Å²) in [5.41, 5.74) is 1.51. The third kappa shape index (κ3) is 10.4. The highest BCUT2D eigenvalue weighted by molar-refractivity contribution is 5.89.